The second-order valence-electron chi connectivity index (χ2n) is 8.49. The molecule has 2 aliphatic rings. The van der Waals surface area contributed by atoms with Crippen molar-refractivity contribution in [3.05, 3.63) is 54.0 Å². The van der Waals surface area contributed by atoms with E-state index in [1.165, 1.54) is 0 Å². The van der Waals surface area contributed by atoms with Crippen LogP contribution in [0.4, 0.5) is 0 Å². The fourth-order valence-electron chi connectivity index (χ4n) is 4.89. The number of para-hydroxylation sites is 1. The second kappa shape index (κ2) is 8.94. The van der Waals surface area contributed by atoms with Crippen LogP contribution in [0.5, 0.6) is 5.75 Å². The van der Waals surface area contributed by atoms with Crippen molar-refractivity contribution in [1.82, 2.24) is 9.80 Å². The van der Waals surface area contributed by atoms with Crippen LogP contribution in [-0.4, -0.2) is 54.4 Å². The van der Waals surface area contributed by atoms with Crippen molar-refractivity contribution in [2.24, 2.45) is 17.8 Å². The van der Waals surface area contributed by atoms with E-state index in [2.05, 4.69) is 0 Å². The van der Waals surface area contributed by atoms with Crippen molar-refractivity contribution >= 4 is 11.8 Å². The maximum Gasteiger partial charge on any atom is 0.257 e. The molecule has 2 aromatic rings. The lowest BCUT2D eigenvalue weighted by Crippen LogP contribution is -2.41. The van der Waals surface area contributed by atoms with E-state index in [9.17, 15) is 9.59 Å². The fourth-order valence-corrected chi connectivity index (χ4v) is 4.89. The van der Waals surface area contributed by atoms with Crippen LogP contribution >= 0.6 is 0 Å². The predicted molar refractivity (Wildman–Crippen MR) is 113 cm³/mol. The summed E-state index contributed by atoms with van der Waals surface area (Å²) in [6.45, 7) is 7.12. The number of likely N-dealkylation sites (tertiary alicyclic amines) is 2. The number of hydrogen-bond donors (Lipinski definition) is 0. The molecule has 2 aliphatic heterocycles. The van der Waals surface area contributed by atoms with Gasteiger partial charge in [-0.15, -0.1) is 0 Å². The van der Waals surface area contributed by atoms with E-state index in [4.69, 9.17) is 9.15 Å². The van der Waals surface area contributed by atoms with Gasteiger partial charge in [0.2, 0.25) is 5.91 Å². The number of furan rings is 1. The highest BCUT2D eigenvalue weighted by molar-refractivity contribution is 5.95. The minimum absolute atomic E-state index is 0.0560. The number of ether oxygens (including phenoxy) is 1. The third kappa shape index (κ3) is 4.37. The molecule has 30 heavy (non-hydrogen) atoms. The Kier molecular flexibility index (Phi) is 6.11. The van der Waals surface area contributed by atoms with E-state index >= 15 is 0 Å². The van der Waals surface area contributed by atoms with Crippen LogP contribution in [0, 0.1) is 24.7 Å². The maximum absolute atomic E-state index is 12.8. The largest absolute Gasteiger partial charge is 0.493 e. The standard InChI is InChI=1S/C24H30N2O4/c1-17-22(10-13-29-17)24(28)25-11-8-19(9-12-25)23-15-26(18(2)27)14-20(23)16-30-21-6-4-3-5-7-21/h3-7,10,13,19-20,23H,8-9,11-12,14-16H2,1-2H3. The van der Waals surface area contributed by atoms with Gasteiger partial charge >= 0.3 is 0 Å². The lowest BCUT2D eigenvalue weighted by molar-refractivity contribution is -0.128. The molecule has 1 aromatic heterocycles. The Balaban J connectivity index is 1.38. The lowest BCUT2D eigenvalue weighted by atomic mass is 9.78. The molecular formula is C24H30N2O4. The highest BCUT2D eigenvalue weighted by atomic mass is 16.5. The van der Waals surface area contributed by atoms with Gasteiger partial charge in [-0.05, 0) is 49.8 Å². The molecule has 2 atom stereocenters. The van der Waals surface area contributed by atoms with Gasteiger partial charge in [0, 0.05) is 39.0 Å². The average Bonchev–Trinajstić information content (AvgIpc) is 3.39. The normalized spacial score (nSPS) is 22.3. The van der Waals surface area contributed by atoms with Gasteiger partial charge in [0.05, 0.1) is 18.4 Å². The van der Waals surface area contributed by atoms with Crippen molar-refractivity contribution in [3.8, 4) is 5.75 Å². The lowest BCUT2D eigenvalue weighted by Gasteiger charge is -2.36. The van der Waals surface area contributed by atoms with E-state index in [0.29, 0.717) is 35.7 Å². The Morgan fingerprint density at radius 1 is 1.07 bits per heavy atom. The van der Waals surface area contributed by atoms with Crippen LogP contribution in [0.2, 0.25) is 0 Å². The van der Waals surface area contributed by atoms with Crippen LogP contribution in [0.15, 0.2) is 47.1 Å². The quantitative estimate of drug-likeness (QED) is 0.755. The van der Waals surface area contributed by atoms with Crippen LogP contribution < -0.4 is 4.74 Å². The molecule has 2 saturated heterocycles. The second-order valence-corrected chi connectivity index (χ2v) is 8.49. The maximum atomic E-state index is 12.8. The predicted octanol–water partition coefficient (Wildman–Crippen LogP) is 3.61. The van der Waals surface area contributed by atoms with Crippen LogP contribution in [0.25, 0.3) is 0 Å². The van der Waals surface area contributed by atoms with Gasteiger partial charge in [-0.2, -0.15) is 0 Å². The Bertz CT molecular complexity index is 870. The van der Waals surface area contributed by atoms with E-state index < -0.39 is 0 Å². The molecule has 2 fully saturated rings. The van der Waals surface area contributed by atoms with Gasteiger partial charge in [0.1, 0.15) is 11.5 Å². The molecule has 6 nitrogen and oxygen atoms in total. The monoisotopic (exact) mass is 410 g/mol. The number of rotatable bonds is 5. The van der Waals surface area contributed by atoms with E-state index in [1.807, 2.05) is 47.1 Å². The number of nitrogens with zero attached hydrogens (tertiary/aromatic N) is 2. The molecule has 2 amide bonds. The summed E-state index contributed by atoms with van der Waals surface area (Å²) < 4.78 is 11.3. The number of hydrogen-bond acceptors (Lipinski definition) is 4. The highest BCUT2D eigenvalue weighted by Gasteiger charge is 2.40. The summed E-state index contributed by atoms with van der Waals surface area (Å²) in [5.41, 5.74) is 0.659. The Morgan fingerprint density at radius 2 is 1.80 bits per heavy atom. The first-order chi connectivity index (χ1) is 14.5. The summed E-state index contributed by atoms with van der Waals surface area (Å²) in [6.07, 6.45) is 3.49. The summed E-state index contributed by atoms with van der Waals surface area (Å²) in [4.78, 5) is 28.7. The van der Waals surface area contributed by atoms with E-state index in [0.717, 1.165) is 44.8 Å². The fraction of sp³-hybridized carbons (Fsp3) is 0.500. The molecule has 0 saturated carbocycles. The van der Waals surface area contributed by atoms with Gasteiger partial charge in [-0.1, -0.05) is 18.2 Å². The molecular weight excluding hydrogens is 380 g/mol. The third-order valence-electron chi connectivity index (χ3n) is 6.67. The topological polar surface area (TPSA) is 63.0 Å². The number of carbonyl (C=O) groups excluding carboxylic acids is 2. The van der Waals surface area contributed by atoms with Crippen LogP contribution in [0.3, 0.4) is 0 Å². The molecule has 3 heterocycles. The van der Waals surface area contributed by atoms with Crippen molar-refractivity contribution in [2.45, 2.75) is 26.7 Å². The summed E-state index contributed by atoms with van der Waals surface area (Å²) >= 11 is 0. The molecule has 0 radical (unpaired) electrons. The van der Waals surface area contributed by atoms with Crippen molar-refractivity contribution < 1.29 is 18.7 Å². The summed E-state index contributed by atoms with van der Waals surface area (Å²) in [5.74, 6) is 2.95. The summed E-state index contributed by atoms with van der Waals surface area (Å²) in [5, 5.41) is 0. The number of aryl methyl sites for hydroxylation is 1. The molecule has 1 aromatic carbocycles. The molecule has 2 unspecified atom stereocenters. The molecule has 0 N–H and O–H groups in total. The van der Waals surface area contributed by atoms with E-state index in [1.54, 1.807) is 19.3 Å². The molecule has 0 spiro atoms. The van der Waals surface area contributed by atoms with Gasteiger partial charge in [-0.25, -0.2) is 0 Å². The Labute approximate surface area is 177 Å². The highest BCUT2D eigenvalue weighted by Crippen LogP contribution is 2.36. The van der Waals surface area contributed by atoms with Crippen LogP contribution in [-0.2, 0) is 4.79 Å². The SMILES string of the molecule is CC(=O)N1CC(COc2ccccc2)C(C2CCN(C(=O)c3ccoc3C)CC2)C1. The number of benzene rings is 1. The first kappa shape index (κ1) is 20.5. The van der Waals surface area contributed by atoms with Crippen LogP contribution in [0.1, 0.15) is 35.9 Å². The molecule has 4 rings (SSSR count). The molecule has 160 valence electrons. The molecule has 6 heteroatoms. The van der Waals surface area contributed by atoms with Crippen molar-refractivity contribution in [1.29, 1.82) is 0 Å². The van der Waals surface area contributed by atoms with E-state index in [-0.39, 0.29) is 11.8 Å². The van der Waals surface area contributed by atoms with Gasteiger partial charge in [0.25, 0.3) is 5.91 Å². The van der Waals surface area contributed by atoms with Gasteiger partial charge in [-0.3, -0.25) is 9.59 Å². The van der Waals surface area contributed by atoms with Gasteiger partial charge in [0.15, 0.2) is 0 Å². The third-order valence-corrected chi connectivity index (χ3v) is 6.67. The molecule has 0 bridgehead atoms. The average molecular weight is 411 g/mol. The zero-order chi connectivity index (χ0) is 21.1. The number of amides is 2. The number of carbonyl (C=O) groups is 2. The Hall–Kier alpha value is -2.76. The Morgan fingerprint density at radius 3 is 2.43 bits per heavy atom. The zero-order valence-electron chi connectivity index (χ0n) is 17.8. The van der Waals surface area contributed by atoms with Crippen molar-refractivity contribution in [3.63, 3.8) is 0 Å². The smallest absolute Gasteiger partial charge is 0.257 e. The van der Waals surface area contributed by atoms with Gasteiger partial charge < -0.3 is 19.0 Å². The minimum atomic E-state index is 0.0560. The summed E-state index contributed by atoms with van der Waals surface area (Å²) in [7, 11) is 0. The van der Waals surface area contributed by atoms with Crippen molar-refractivity contribution in [2.75, 3.05) is 32.8 Å². The minimum Gasteiger partial charge on any atom is -0.493 e. The zero-order valence-corrected chi connectivity index (χ0v) is 17.8. The first-order valence-corrected chi connectivity index (χ1v) is 10.8. The molecule has 0 aliphatic carbocycles. The summed E-state index contributed by atoms with van der Waals surface area (Å²) in [6, 6.07) is 11.6. The first-order valence-electron chi connectivity index (χ1n) is 10.8. The number of piperidine rings is 1.